The maximum Gasteiger partial charge on any atom is 0.245 e. The van der Waals surface area contributed by atoms with Crippen LogP contribution in [0.2, 0.25) is 0 Å². The highest BCUT2D eigenvalue weighted by Crippen LogP contribution is 2.09. The van der Waals surface area contributed by atoms with Crippen LogP contribution in [0.25, 0.3) is 0 Å². The Morgan fingerprint density at radius 2 is 0.831 bits per heavy atom. The van der Waals surface area contributed by atoms with Gasteiger partial charge in [-0.05, 0) is 96.2 Å². The van der Waals surface area contributed by atoms with Gasteiger partial charge in [-0.25, -0.2) is 0 Å². The van der Waals surface area contributed by atoms with Crippen LogP contribution < -0.4 is 76.5 Å². The SMILES string of the molecule is CC(C)[C@H](N)C(=O)N[C@@H](CCCCN)C(=O)N[C@@H](CS)C(=O)N[C@H](C(=O)N[C@@H](CCCCN)C(=O)N[C@@H](CO)C(=O)NCC(=O)N[C@@H](CS)C(=O)N[C@@H](CCCCN)C(=O)N[C@H](C(N)=O)C(C)C)[C@@H](C)O. The van der Waals surface area contributed by atoms with E-state index in [2.05, 4.69) is 73.1 Å². The van der Waals surface area contributed by atoms with Gasteiger partial charge < -0.3 is 86.7 Å². The molecule has 0 saturated heterocycles. The largest absolute Gasteiger partial charge is 0.394 e. The summed E-state index contributed by atoms with van der Waals surface area (Å²) in [4.78, 5) is 131. The Morgan fingerprint density at radius 1 is 0.465 bits per heavy atom. The summed E-state index contributed by atoms with van der Waals surface area (Å²) < 4.78 is 0. The number of unbranched alkanes of at least 4 members (excludes halogenated alkanes) is 3. The van der Waals surface area contributed by atoms with Gasteiger partial charge in [0.2, 0.25) is 59.1 Å². The van der Waals surface area contributed by atoms with Crippen molar-refractivity contribution in [2.24, 2.45) is 40.5 Å². The summed E-state index contributed by atoms with van der Waals surface area (Å²) >= 11 is 8.32. The third-order valence-corrected chi connectivity index (χ3v) is 11.7. The fraction of sp³-hybridized carbons (Fsp3) is 0.767. The Bertz CT molecular complexity index is 1730. The Balaban J connectivity index is 5.95. The summed E-state index contributed by atoms with van der Waals surface area (Å²) in [5, 5.41) is 42.6. The Hall–Kier alpha value is -4.84. The molecule has 0 heterocycles. The molecule has 0 aliphatic heterocycles. The molecule has 0 saturated carbocycles. The second-order valence-electron chi connectivity index (χ2n) is 17.7. The molecule has 71 heavy (non-hydrogen) atoms. The minimum atomic E-state index is -1.70. The number of thiol groups is 2. The quantitative estimate of drug-likeness (QED) is 0.0203. The minimum Gasteiger partial charge on any atom is -0.394 e. The first-order chi connectivity index (χ1) is 33.4. The molecule has 408 valence electrons. The number of nitrogens with one attached hydrogen (secondary N) is 9. The van der Waals surface area contributed by atoms with Crippen molar-refractivity contribution in [2.45, 2.75) is 153 Å². The van der Waals surface area contributed by atoms with E-state index >= 15 is 0 Å². The van der Waals surface area contributed by atoms with E-state index in [0.717, 1.165) is 0 Å². The van der Waals surface area contributed by atoms with E-state index < -0.39 is 133 Å². The summed E-state index contributed by atoms with van der Waals surface area (Å²) in [5.74, 6) is -9.62. The van der Waals surface area contributed by atoms with Gasteiger partial charge in [-0.2, -0.15) is 25.3 Å². The number of rotatable bonds is 37. The first-order valence-corrected chi connectivity index (χ1v) is 25.1. The van der Waals surface area contributed by atoms with E-state index in [1.165, 1.54) is 6.92 Å². The van der Waals surface area contributed by atoms with Crippen LogP contribution in [0, 0.1) is 11.8 Å². The van der Waals surface area contributed by atoms with Crippen LogP contribution in [0.4, 0.5) is 0 Å². The van der Waals surface area contributed by atoms with E-state index in [9.17, 15) is 58.2 Å². The summed E-state index contributed by atoms with van der Waals surface area (Å²) in [5.41, 5.74) is 28.2. The van der Waals surface area contributed by atoms with Gasteiger partial charge in [0.15, 0.2) is 0 Å². The molecule has 0 aromatic rings. The first kappa shape index (κ1) is 66.2. The topological polar surface area (TPSA) is 450 Å². The molecule has 21 N–H and O–H groups in total. The van der Waals surface area contributed by atoms with Gasteiger partial charge in [0.1, 0.15) is 48.3 Å². The number of carbonyl (C=O) groups is 10. The molecule has 28 heteroatoms. The molecule has 10 amide bonds. The molecular formula is C43H82N14O12S2. The van der Waals surface area contributed by atoms with Crippen LogP contribution in [0.3, 0.4) is 0 Å². The molecule has 0 bridgehead atoms. The molecule has 0 aromatic carbocycles. The van der Waals surface area contributed by atoms with Crippen molar-refractivity contribution in [2.75, 3.05) is 44.3 Å². The van der Waals surface area contributed by atoms with Crippen molar-refractivity contribution < 1.29 is 58.2 Å². The van der Waals surface area contributed by atoms with Gasteiger partial charge in [0.05, 0.1) is 25.3 Å². The zero-order valence-electron chi connectivity index (χ0n) is 41.5. The molecule has 0 spiro atoms. The monoisotopic (exact) mass is 1050 g/mol. The van der Waals surface area contributed by atoms with Crippen molar-refractivity contribution in [3.63, 3.8) is 0 Å². The van der Waals surface area contributed by atoms with Gasteiger partial charge in [0, 0.05) is 11.5 Å². The number of hydrogen-bond donors (Lipinski definition) is 18. The van der Waals surface area contributed by atoms with Gasteiger partial charge >= 0.3 is 0 Å². The van der Waals surface area contributed by atoms with Crippen LogP contribution in [0.15, 0.2) is 0 Å². The lowest BCUT2D eigenvalue weighted by Gasteiger charge is -2.28. The van der Waals surface area contributed by atoms with Gasteiger partial charge in [-0.1, -0.05) is 27.7 Å². The third kappa shape index (κ3) is 25.4. The van der Waals surface area contributed by atoms with Crippen molar-refractivity contribution in [1.29, 1.82) is 0 Å². The molecule has 0 aliphatic carbocycles. The number of amides is 10. The van der Waals surface area contributed by atoms with Crippen molar-refractivity contribution in [3.8, 4) is 0 Å². The van der Waals surface area contributed by atoms with Crippen LogP contribution in [-0.4, -0.2) is 174 Å². The first-order valence-electron chi connectivity index (χ1n) is 23.8. The van der Waals surface area contributed by atoms with Crippen LogP contribution in [0.5, 0.6) is 0 Å². The minimum absolute atomic E-state index is 0.0589. The zero-order chi connectivity index (χ0) is 54.4. The fourth-order valence-corrected chi connectivity index (χ4v) is 7.05. The van der Waals surface area contributed by atoms with E-state index in [-0.39, 0.29) is 55.6 Å². The summed E-state index contributed by atoms with van der Waals surface area (Å²) in [6, 6.07) is -11.7. The Labute approximate surface area is 426 Å². The van der Waals surface area contributed by atoms with Crippen LogP contribution >= 0.6 is 25.3 Å². The molecule has 0 radical (unpaired) electrons. The molecule has 0 rings (SSSR count). The Kier molecular flexibility index (Phi) is 33.7. The second-order valence-corrected chi connectivity index (χ2v) is 18.4. The highest BCUT2D eigenvalue weighted by molar-refractivity contribution is 7.80. The van der Waals surface area contributed by atoms with E-state index in [4.69, 9.17) is 28.7 Å². The number of primary amides is 1. The lowest BCUT2D eigenvalue weighted by molar-refractivity contribution is -0.137. The molecule has 0 aromatic heterocycles. The number of hydrogen-bond acceptors (Lipinski definition) is 18. The molecule has 10 atom stereocenters. The smallest absolute Gasteiger partial charge is 0.245 e. The number of aliphatic hydroxyl groups is 2. The normalized spacial score (nSPS) is 15.5. The average molecular weight is 1050 g/mol. The predicted octanol–water partition coefficient (Wildman–Crippen LogP) is -6.27. The maximum atomic E-state index is 13.7. The molecule has 26 nitrogen and oxygen atoms in total. The predicted molar refractivity (Wildman–Crippen MR) is 270 cm³/mol. The number of nitrogens with two attached hydrogens (primary N) is 5. The van der Waals surface area contributed by atoms with E-state index in [1.54, 1.807) is 27.7 Å². The number of aliphatic hydroxyl groups excluding tert-OH is 2. The van der Waals surface area contributed by atoms with Crippen molar-refractivity contribution in [3.05, 3.63) is 0 Å². The summed E-state index contributed by atoms with van der Waals surface area (Å²) in [6.45, 7) is 7.14. The summed E-state index contributed by atoms with van der Waals surface area (Å²) in [6.07, 6.45) is 1.32. The van der Waals surface area contributed by atoms with Gasteiger partial charge in [0.25, 0.3) is 0 Å². The molecule has 0 unspecified atom stereocenters. The lowest BCUT2D eigenvalue weighted by atomic mass is 10.0. The maximum absolute atomic E-state index is 13.7. The van der Waals surface area contributed by atoms with Gasteiger partial charge in [-0.3, -0.25) is 47.9 Å². The van der Waals surface area contributed by atoms with E-state index in [0.29, 0.717) is 45.2 Å². The Morgan fingerprint density at radius 3 is 1.23 bits per heavy atom. The highest BCUT2D eigenvalue weighted by Gasteiger charge is 2.35. The van der Waals surface area contributed by atoms with Crippen LogP contribution in [0.1, 0.15) is 92.4 Å². The summed E-state index contributed by atoms with van der Waals surface area (Å²) in [7, 11) is 0. The average Bonchev–Trinajstić information content (AvgIpc) is 3.32. The van der Waals surface area contributed by atoms with Crippen LogP contribution in [-0.2, 0) is 47.9 Å². The van der Waals surface area contributed by atoms with Crippen molar-refractivity contribution in [1.82, 2.24) is 47.9 Å². The van der Waals surface area contributed by atoms with E-state index in [1.807, 2.05) is 0 Å². The second kappa shape index (κ2) is 36.1. The molecule has 0 aliphatic rings. The highest BCUT2D eigenvalue weighted by atomic mass is 32.1. The molecular weight excluding hydrogens is 969 g/mol. The molecule has 0 fully saturated rings. The third-order valence-electron chi connectivity index (χ3n) is 11.0. The fourth-order valence-electron chi connectivity index (χ4n) is 6.53. The standard InChI is InChI=1S/C43H82N14O12S2/c1-22(2)32(47)42(68)52-25(12-6-9-15-44)38(64)55-30(21-71)41(67)57-34(24(5)59)43(69)53-26(13-7-10-16-45)37(63)54-28(19-58)36(62)49-18-31(60)50-29(20-70)40(66)51-27(14-8-11-17-46)39(65)56-33(23(3)4)35(48)61/h22-30,32-34,58-59,70-71H,6-21,44-47H2,1-5H3,(H2,48,61)(H,49,62)(H,50,60)(H,51,66)(H,52,68)(H,53,69)(H,54,63)(H,55,64)(H,56,65)(H,57,67)/t24-,25+,26+,27+,28+,29+,30+,32+,33+,34+/m1/s1. The lowest BCUT2D eigenvalue weighted by Crippen LogP contribution is -2.62. The van der Waals surface area contributed by atoms with Gasteiger partial charge in [-0.15, -0.1) is 0 Å². The van der Waals surface area contributed by atoms with Crippen molar-refractivity contribution >= 4 is 84.3 Å². The zero-order valence-corrected chi connectivity index (χ0v) is 43.3. The number of carbonyl (C=O) groups excluding carboxylic acids is 10.